The third-order valence-electron chi connectivity index (χ3n) is 2.90. The Bertz CT molecular complexity index is 746. The number of aromatic nitrogens is 2. The molecule has 0 N–H and O–H groups in total. The van der Waals surface area contributed by atoms with Crippen LogP contribution >= 0.6 is 22.9 Å². The van der Waals surface area contributed by atoms with Gasteiger partial charge in [0, 0.05) is 0 Å². The van der Waals surface area contributed by atoms with Crippen LogP contribution in [0.4, 0.5) is 10.1 Å². The van der Waals surface area contributed by atoms with Gasteiger partial charge in [-0.3, -0.25) is 14.5 Å². The minimum absolute atomic E-state index is 0.00285. The summed E-state index contributed by atoms with van der Waals surface area (Å²) in [6.07, 6.45) is 0. The van der Waals surface area contributed by atoms with Crippen LogP contribution < -0.4 is 4.90 Å². The summed E-state index contributed by atoms with van der Waals surface area (Å²) in [7, 11) is 0. The van der Waals surface area contributed by atoms with Gasteiger partial charge in [0.2, 0.25) is 4.47 Å². The van der Waals surface area contributed by atoms with Crippen LogP contribution in [0.3, 0.4) is 0 Å². The lowest BCUT2D eigenvalue weighted by Crippen LogP contribution is -2.29. The molecule has 0 atom stereocenters. The molecule has 3 rings (SSSR count). The van der Waals surface area contributed by atoms with Gasteiger partial charge < -0.3 is 0 Å². The molecule has 0 radical (unpaired) electrons. The summed E-state index contributed by atoms with van der Waals surface area (Å²) in [6, 6.07) is 2.79. The summed E-state index contributed by atoms with van der Waals surface area (Å²) in [6.45, 7) is 1.64. The second kappa shape index (κ2) is 4.60. The number of nitrogens with zero attached hydrogens (tertiary/aromatic N) is 3. The first-order chi connectivity index (χ1) is 9.47. The van der Waals surface area contributed by atoms with Crippen LogP contribution in [0.1, 0.15) is 20.9 Å². The second-order valence-electron chi connectivity index (χ2n) is 4.31. The van der Waals surface area contributed by atoms with Crippen LogP contribution in [0.5, 0.6) is 0 Å². The first-order valence-corrected chi connectivity index (χ1v) is 6.81. The van der Waals surface area contributed by atoms with Crippen molar-refractivity contribution in [3.63, 3.8) is 0 Å². The Hall–Kier alpha value is -1.86. The maximum atomic E-state index is 14.1. The molecule has 1 aromatic heterocycles. The zero-order valence-corrected chi connectivity index (χ0v) is 11.8. The summed E-state index contributed by atoms with van der Waals surface area (Å²) in [4.78, 5) is 24.9. The number of anilines is 1. The van der Waals surface area contributed by atoms with Gasteiger partial charge in [-0.15, -0.1) is 10.2 Å². The fraction of sp³-hybridized carbons (Fsp3) is 0.167. The Balaban J connectivity index is 2.06. The van der Waals surface area contributed by atoms with E-state index in [0.29, 0.717) is 10.6 Å². The van der Waals surface area contributed by atoms with Crippen LogP contribution in [0, 0.1) is 12.7 Å². The summed E-state index contributed by atoms with van der Waals surface area (Å²) in [5.41, 5.74) is 0.670. The first-order valence-electron chi connectivity index (χ1n) is 5.61. The molecule has 8 heteroatoms. The number of ketones is 1. The van der Waals surface area contributed by atoms with E-state index in [-0.39, 0.29) is 22.3 Å². The van der Waals surface area contributed by atoms with Gasteiger partial charge in [0.1, 0.15) is 10.8 Å². The van der Waals surface area contributed by atoms with Gasteiger partial charge in [-0.05, 0) is 36.2 Å². The first kappa shape index (κ1) is 13.1. The quantitative estimate of drug-likeness (QED) is 0.799. The molecular formula is C12H7ClFN3O2S. The molecular weight excluding hydrogens is 305 g/mol. The SMILES string of the molecule is Cc1cc(F)c2c(c1)C(=O)C(=O)N2Cc1nnc(Cl)s1. The van der Waals surface area contributed by atoms with Crippen molar-refractivity contribution < 1.29 is 14.0 Å². The molecule has 2 aromatic rings. The van der Waals surface area contributed by atoms with Crippen LogP contribution in [0.25, 0.3) is 0 Å². The van der Waals surface area contributed by atoms with E-state index in [4.69, 9.17) is 11.6 Å². The van der Waals surface area contributed by atoms with Crippen molar-refractivity contribution in [1.82, 2.24) is 10.2 Å². The van der Waals surface area contributed by atoms with E-state index >= 15 is 0 Å². The minimum atomic E-state index is -0.768. The molecule has 2 heterocycles. The van der Waals surface area contributed by atoms with Gasteiger partial charge in [-0.1, -0.05) is 11.3 Å². The highest BCUT2D eigenvalue weighted by Crippen LogP contribution is 2.34. The van der Waals surface area contributed by atoms with Gasteiger partial charge in [-0.25, -0.2) is 4.39 Å². The highest BCUT2D eigenvalue weighted by molar-refractivity contribution is 7.15. The predicted octanol–water partition coefficient (Wildman–Crippen LogP) is 2.37. The van der Waals surface area contributed by atoms with Gasteiger partial charge in [0.05, 0.1) is 17.8 Å². The van der Waals surface area contributed by atoms with E-state index in [9.17, 15) is 14.0 Å². The van der Waals surface area contributed by atoms with Crippen molar-refractivity contribution in [2.75, 3.05) is 4.90 Å². The molecule has 1 amide bonds. The average Bonchev–Trinajstić information content (AvgIpc) is 2.88. The van der Waals surface area contributed by atoms with E-state index in [1.807, 2.05) is 0 Å². The van der Waals surface area contributed by atoms with Crippen molar-refractivity contribution in [2.24, 2.45) is 0 Å². The molecule has 102 valence electrons. The number of Topliss-reactive ketones (excluding diaryl/α,β-unsaturated/α-hetero) is 1. The van der Waals surface area contributed by atoms with Crippen LogP contribution in [-0.2, 0) is 11.3 Å². The smallest absolute Gasteiger partial charge is 0.295 e. The van der Waals surface area contributed by atoms with Crippen LogP contribution in [-0.4, -0.2) is 21.9 Å². The Kier molecular flexibility index (Phi) is 3.02. The summed E-state index contributed by atoms with van der Waals surface area (Å²) < 4.78 is 14.3. The molecule has 0 saturated carbocycles. The third kappa shape index (κ3) is 1.99. The number of aryl methyl sites for hydroxylation is 1. The van der Waals surface area contributed by atoms with Gasteiger partial charge in [-0.2, -0.15) is 0 Å². The summed E-state index contributed by atoms with van der Waals surface area (Å²) in [5, 5.41) is 7.81. The number of rotatable bonds is 2. The molecule has 1 aliphatic rings. The van der Waals surface area contributed by atoms with E-state index in [1.165, 1.54) is 12.1 Å². The molecule has 0 fully saturated rings. The number of amides is 1. The Morgan fingerprint density at radius 1 is 1.35 bits per heavy atom. The van der Waals surface area contributed by atoms with Crippen molar-refractivity contribution in [3.05, 3.63) is 38.6 Å². The van der Waals surface area contributed by atoms with E-state index in [2.05, 4.69) is 10.2 Å². The fourth-order valence-electron chi connectivity index (χ4n) is 2.10. The molecule has 1 aliphatic heterocycles. The highest BCUT2D eigenvalue weighted by atomic mass is 35.5. The lowest BCUT2D eigenvalue weighted by atomic mass is 10.1. The van der Waals surface area contributed by atoms with E-state index < -0.39 is 17.5 Å². The minimum Gasteiger partial charge on any atom is -0.295 e. The molecule has 0 bridgehead atoms. The molecule has 5 nitrogen and oxygen atoms in total. The number of hydrogen-bond acceptors (Lipinski definition) is 5. The molecule has 1 aromatic carbocycles. The topological polar surface area (TPSA) is 63.2 Å². The summed E-state index contributed by atoms with van der Waals surface area (Å²) >= 11 is 6.74. The van der Waals surface area contributed by atoms with Crippen molar-refractivity contribution in [3.8, 4) is 0 Å². The predicted molar refractivity (Wildman–Crippen MR) is 71.6 cm³/mol. The third-order valence-corrected chi connectivity index (χ3v) is 3.90. The fourth-order valence-corrected chi connectivity index (χ4v) is 2.96. The number of halogens is 2. The van der Waals surface area contributed by atoms with Crippen molar-refractivity contribution in [2.45, 2.75) is 13.5 Å². The Morgan fingerprint density at radius 2 is 2.10 bits per heavy atom. The van der Waals surface area contributed by atoms with Crippen LogP contribution in [0.2, 0.25) is 4.47 Å². The number of carbonyl (C=O) groups is 2. The molecule has 0 spiro atoms. The maximum absolute atomic E-state index is 14.1. The monoisotopic (exact) mass is 311 g/mol. The molecule has 0 unspecified atom stereocenters. The number of carbonyl (C=O) groups excluding carboxylic acids is 2. The summed E-state index contributed by atoms with van der Waals surface area (Å²) in [5.74, 6) is -2.08. The molecule has 20 heavy (non-hydrogen) atoms. The largest absolute Gasteiger partial charge is 0.299 e. The Morgan fingerprint density at radius 3 is 2.75 bits per heavy atom. The van der Waals surface area contributed by atoms with E-state index in [0.717, 1.165) is 16.2 Å². The second-order valence-corrected chi connectivity index (χ2v) is 5.96. The van der Waals surface area contributed by atoms with Crippen molar-refractivity contribution in [1.29, 1.82) is 0 Å². The highest BCUT2D eigenvalue weighted by Gasteiger charge is 2.38. The molecule has 0 aliphatic carbocycles. The zero-order valence-electron chi connectivity index (χ0n) is 10.2. The number of benzene rings is 1. The lowest BCUT2D eigenvalue weighted by Gasteiger charge is -2.15. The standard InChI is InChI=1S/C12H7ClFN3O2S/c1-5-2-6-9(7(14)3-5)17(11(19)10(6)18)4-8-15-16-12(13)20-8/h2-3H,4H2,1H3. The lowest BCUT2D eigenvalue weighted by molar-refractivity contribution is -0.114. The number of fused-ring (bicyclic) bond motifs is 1. The zero-order chi connectivity index (χ0) is 14.4. The Labute approximate surface area is 122 Å². The van der Waals surface area contributed by atoms with E-state index in [1.54, 1.807) is 6.92 Å². The maximum Gasteiger partial charge on any atom is 0.299 e. The van der Waals surface area contributed by atoms with Crippen LogP contribution in [0.15, 0.2) is 12.1 Å². The average molecular weight is 312 g/mol. The number of hydrogen-bond donors (Lipinski definition) is 0. The van der Waals surface area contributed by atoms with Gasteiger partial charge in [0.25, 0.3) is 11.7 Å². The van der Waals surface area contributed by atoms with Crippen molar-refractivity contribution >= 4 is 40.3 Å². The van der Waals surface area contributed by atoms with Gasteiger partial charge >= 0.3 is 0 Å². The van der Waals surface area contributed by atoms with Gasteiger partial charge in [0.15, 0.2) is 0 Å². The normalized spacial score (nSPS) is 14.1. The molecule has 0 saturated heterocycles.